The SMILES string of the molecule is CN=C(NCc1cccc(Cn2cccn2)c1)N1CCN(c2cccs2)CC1. The molecule has 1 aliphatic rings. The lowest BCUT2D eigenvalue weighted by molar-refractivity contribution is 0.373. The molecule has 3 heterocycles. The number of nitrogens with zero attached hydrogens (tertiary/aromatic N) is 5. The molecule has 1 aliphatic heterocycles. The van der Waals surface area contributed by atoms with Crippen molar-refractivity contribution in [2.24, 2.45) is 4.99 Å². The minimum absolute atomic E-state index is 0.769. The molecule has 4 rings (SSSR count). The summed E-state index contributed by atoms with van der Waals surface area (Å²) in [6.45, 7) is 5.58. The highest BCUT2D eigenvalue weighted by molar-refractivity contribution is 7.14. The van der Waals surface area contributed by atoms with E-state index in [1.165, 1.54) is 16.1 Å². The second kappa shape index (κ2) is 8.93. The smallest absolute Gasteiger partial charge is 0.194 e. The van der Waals surface area contributed by atoms with E-state index in [0.717, 1.165) is 45.2 Å². The van der Waals surface area contributed by atoms with Gasteiger partial charge in [0, 0.05) is 52.2 Å². The Bertz CT molecular complexity index is 880. The average Bonchev–Trinajstić information content (AvgIpc) is 3.44. The fraction of sp³-hybridized carbons (Fsp3) is 0.333. The molecule has 0 radical (unpaired) electrons. The zero-order chi connectivity index (χ0) is 19.2. The Hall–Kier alpha value is -2.80. The molecule has 0 bridgehead atoms. The predicted octanol–water partition coefficient (Wildman–Crippen LogP) is 2.89. The van der Waals surface area contributed by atoms with Crippen molar-refractivity contribution in [3.05, 3.63) is 71.4 Å². The minimum atomic E-state index is 0.769. The fourth-order valence-electron chi connectivity index (χ4n) is 3.52. The highest BCUT2D eigenvalue weighted by Crippen LogP contribution is 2.22. The topological polar surface area (TPSA) is 48.7 Å². The Morgan fingerprint density at radius 3 is 2.68 bits per heavy atom. The van der Waals surface area contributed by atoms with Gasteiger partial charge < -0.3 is 15.1 Å². The van der Waals surface area contributed by atoms with Crippen LogP contribution in [0.2, 0.25) is 0 Å². The van der Waals surface area contributed by atoms with E-state index >= 15 is 0 Å². The third-order valence-corrected chi connectivity index (χ3v) is 5.88. The number of aromatic nitrogens is 2. The zero-order valence-electron chi connectivity index (χ0n) is 16.2. The standard InChI is InChI=1S/C21H26N6S/c1-22-21(26-12-10-25(11-13-26)20-7-3-14-28-20)23-16-18-5-2-6-19(15-18)17-27-9-4-8-24-27/h2-9,14-15H,10-13,16-17H2,1H3,(H,22,23). The molecule has 1 saturated heterocycles. The lowest BCUT2D eigenvalue weighted by atomic mass is 10.1. The van der Waals surface area contributed by atoms with Crippen molar-refractivity contribution in [1.29, 1.82) is 0 Å². The van der Waals surface area contributed by atoms with Crippen LogP contribution in [0.3, 0.4) is 0 Å². The summed E-state index contributed by atoms with van der Waals surface area (Å²) in [6.07, 6.45) is 3.80. The molecule has 146 valence electrons. The van der Waals surface area contributed by atoms with E-state index in [2.05, 4.69) is 67.0 Å². The van der Waals surface area contributed by atoms with Gasteiger partial charge in [0.15, 0.2) is 5.96 Å². The van der Waals surface area contributed by atoms with Crippen molar-refractivity contribution >= 4 is 22.3 Å². The van der Waals surface area contributed by atoms with Crippen LogP contribution in [0.25, 0.3) is 0 Å². The van der Waals surface area contributed by atoms with Crippen LogP contribution in [-0.2, 0) is 13.1 Å². The Morgan fingerprint density at radius 1 is 1.11 bits per heavy atom. The van der Waals surface area contributed by atoms with Gasteiger partial charge in [0.2, 0.25) is 0 Å². The van der Waals surface area contributed by atoms with Crippen LogP contribution in [-0.4, -0.2) is 53.9 Å². The average molecular weight is 395 g/mol. The van der Waals surface area contributed by atoms with Gasteiger partial charge in [-0.25, -0.2) is 0 Å². The summed E-state index contributed by atoms with van der Waals surface area (Å²) in [5.74, 6) is 0.975. The van der Waals surface area contributed by atoms with Crippen molar-refractivity contribution in [3.8, 4) is 0 Å². The van der Waals surface area contributed by atoms with Gasteiger partial charge in [0.25, 0.3) is 0 Å². The number of nitrogens with one attached hydrogen (secondary N) is 1. The van der Waals surface area contributed by atoms with Gasteiger partial charge in [0.05, 0.1) is 11.5 Å². The molecular formula is C21H26N6S. The molecule has 6 nitrogen and oxygen atoms in total. The molecular weight excluding hydrogens is 368 g/mol. The summed E-state index contributed by atoms with van der Waals surface area (Å²) < 4.78 is 1.94. The Balaban J connectivity index is 1.31. The van der Waals surface area contributed by atoms with Crippen LogP contribution in [0, 0.1) is 0 Å². The summed E-state index contributed by atoms with van der Waals surface area (Å²) >= 11 is 1.81. The number of hydrogen-bond donors (Lipinski definition) is 1. The number of benzene rings is 1. The molecule has 0 spiro atoms. The molecule has 1 N–H and O–H groups in total. The molecule has 0 unspecified atom stereocenters. The van der Waals surface area contributed by atoms with Gasteiger partial charge >= 0.3 is 0 Å². The van der Waals surface area contributed by atoms with E-state index in [9.17, 15) is 0 Å². The van der Waals surface area contributed by atoms with Gasteiger partial charge in [-0.1, -0.05) is 24.3 Å². The molecule has 0 amide bonds. The van der Waals surface area contributed by atoms with Gasteiger partial charge in [-0.2, -0.15) is 5.10 Å². The third kappa shape index (κ3) is 4.54. The van der Waals surface area contributed by atoms with Crippen LogP contribution < -0.4 is 10.2 Å². The minimum Gasteiger partial charge on any atom is -0.360 e. The second-order valence-electron chi connectivity index (χ2n) is 6.85. The number of hydrogen-bond acceptors (Lipinski definition) is 4. The van der Waals surface area contributed by atoms with Gasteiger partial charge in [0.1, 0.15) is 0 Å². The number of rotatable bonds is 5. The van der Waals surface area contributed by atoms with E-state index < -0.39 is 0 Å². The molecule has 0 aliphatic carbocycles. The summed E-state index contributed by atoms with van der Waals surface area (Å²) in [5.41, 5.74) is 2.51. The van der Waals surface area contributed by atoms with Gasteiger partial charge in [-0.05, 0) is 34.7 Å². The highest BCUT2D eigenvalue weighted by Gasteiger charge is 2.20. The molecule has 2 aromatic heterocycles. The lowest BCUT2D eigenvalue weighted by Gasteiger charge is -2.37. The molecule has 7 heteroatoms. The Labute approximate surface area is 170 Å². The first-order valence-electron chi connectivity index (χ1n) is 9.61. The van der Waals surface area contributed by atoms with Gasteiger partial charge in [-0.15, -0.1) is 11.3 Å². The molecule has 0 saturated carbocycles. The quantitative estimate of drug-likeness (QED) is 0.534. The first-order chi connectivity index (χ1) is 13.8. The number of aliphatic imine (C=N–C) groups is 1. The normalized spacial score (nSPS) is 15.1. The van der Waals surface area contributed by atoms with Crippen LogP contribution >= 0.6 is 11.3 Å². The van der Waals surface area contributed by atoms with Crippen molar-refractivity contribution in [2.45, 2.75) is 13.1 Å². The first kappa shape index (κ1) is 18.6. The molecule has 1 aromatic carbocycles. The Kier molecular flexibility index (Phi) is 5.92. The monoisotopic (exact) mass is 394 g/mol. The maximum atomic E-state index is 4.50. The Morgan fingerprint density at radius 2 is 1.96 bits per heavy atom. The summed E-state index contributed by atoms with van der Waals surface area (Å²) in [6, 6.07) is 14.9. The second-order valence-corrected chi connectivity index (χ2v) is 7.78. The molecule has 0 atom stereocenters. The van der Waals surface area contributed by atoms with Crippen molar-refractivity contribution in [3.63, 3.8) is 0 Å². The van der Waals surface area contributed by atoms with Crippen molar-refractivity contribution < 1.29 is 0 Å². The van der Waals surface area contributed by atoms with Gasteiger partial charge in [-0.3, -0.25) is 9.67 Å². The zero-order valence-corrected chi connectivity index (χ0v) is 17.0. The lowest BCUT2D eigenvalue weighted by Crippen LogP contribution is -2.52. The maximum Gasteiger partial charge on any atom is 0.194 e. The van der Waals surface area contributed by atoms with Crippen LogP contribution in [0.15, 0.2) is 65.2 Å². The predicted molar refractivity (Wildman–Crippen MR) is 116 cm³/mol. The van der Waals surface area contributed by atoms with E-state index in [4.69, 9.17) is 0 Å². The van der Waals surface area contributed by atoms with Crippen molar-refractivity contribution in [1.82, 2.24) is 20.0 Å². The molecule has 3 aromatic rings. The molecule has 28 heavy (non-hydrogen) atoms. The van der Waals surface area contributed by atoms with E-state index in [1.54, 1.807) is 0 Å². The van der Waals surface area contributed by atoms with E-state index in [-0.39, 0.29) is 0 Å². The highest BCUT2D eigenvalue weighted by atomic mass is 32.1. The number of thiophene rings is 1. The largest absolute Gasteiger partial charge is 0.360 e. The van der Waals surface area contributed by atoms with Crippen LogP contribution in [0.5, 0.6) is 0 Å². The number of anilines is 1. The van der Waals surface area contributed by atoms with E-state index in [0.29, 0.717) is 0 Å². The van der Waals surface area contributed by atoms with E-state index in [1.807, 2.05) is 41.5 Å². The summed E-state index contributed by atoms with van der Waals surface area (Å²) in [5, 5.41) is 11.3. The summed E-state index contributed by atoms with van der Waals surface area (Å²) in [4.78, 5) is 9.30. The number of guanidine groups is 1. The first-order valence-corrected chi connectivity index (χ1v) is 10.5. The molecule has 1 fully saturated rings. The van der Waals surface area contributed by atoms with Crippen LogP contribution in [0.1, 0.15) is 11.1 Å². The third-order valence-electron chi connectivity index (χ3n) is 4.95. The fourth-order valence-corrected chi connectivity index (χ4v) is 4.31. The summed E-state index contributed by atoms with van der Waals surface area (Å²) in [7, 11) is 1.86. The number of piperazine rings is 1. The van der Waals surface area contributed by atoms with Crippen LogP contribution in [0.4, 0.5) is 5.00 Å². The van der Waals surface area contributed by atoms with Crippen molar-refractivity contribution in [2.75, 3.05) is 38.1 Å². The maximum absolute atomic E-state index is 4.50.